The summed E-state index contributed by atoms with van der Waals surface area (Å²) in [5.41, 5.74) is 4.87. The maximum atomic E-state index is 12.5. The highest BCUT2D eigenvalue weighted by atomic mass is 16.8. The first-order valence-electron chi connectivity index (χ1n) is 13.7. The smallest absolute Gasteiger partial charge is 0.461 e. The maximum Gasteiger partial charge on any atom is 0.514 e. The van der Waals surface area contributed by atoms with Gasteiger partial charge < -0.3 is 38.9 Å². The summed E-state index contributed by atoms with van der Waals surface area (Å²) in [6, 6.07) is 3.22. The molecule has 12 nitrogen and oxygen atoms in total. The quantitative estimate of drug-likeness (QED) is 0.219. The lowest BCUT2D eigenvalue weighted by molar-refractivity contribution is -0.148. The number of rotatable bonds is 9. The molecule has 0 spiro atoms. The monoisotopic (exact) mass is 581 g/mol. The summed E-state index contributed by atoms with van der Waals surface area (Å²) in [5, 5.41) is 0. The van der Waals surface area contributed by atoms with Gasteiger partial charge in [0, 0.05) is 0 Å². The van der Waals surface area contributed by atoms with Crippen molar-refractivity contribution in [3.63, 3.8) is 0 Å². The Bertz CT molecular complexity index is 1050. The molecule has 12 heteroatoms. The fraction of sp³-hybridized carbons (Fsp3) is 0.655. The number of benzene rings is 1. The Morgan fingerprint density at radius 3 is 1.98 bits per heavy atom. The molecule has 0 saturated heterocycles. The van der Waals surface area contributed by atoms with Crippen molar-refractivity contribution >= 4 is 24.4 Å². The van der Waals surface area contributed by atoms with E-state index in [0.717, 1.165) is 32.1 Å². The molecule has 230 valence electrons. The second-order valence-electron chi connectivity index (χ2n) is 11.9. The maximum absolute atomic E-state index is 12.5. The Labute approximate surface area is 241 Å². The fourth-order valence-corrected chi connectivity index (χ4v) is 3.75. The van der Waals surface area contributed by atoms with E-state index in [2.05, 4.69) is 0 Å². The molecule has 0 radical (unpaired) electrons. The number of ether oxygens (including phenoxy) is 7. The Morgan fingerprint density at radius 1 is 0.854 bits per heavy atom. The average Bonchev–Trinajstić information content (AvgIpc) is 2.82. The lowest BCUT2D eigenvalue weighted by Crippen LogP contribution is -2.36. The predicted molar refractivity (Wildman–Crippen MR) is 147 cm³/mol. The van der Waals surface area contributed by atoms with E-state index in [0.29, 0.717) is 5.56 Å². The van der Waals surface area contributed by atoms with Gasteiger partial charge in [-0.25, -0.2) is 14.4 Å². The van der Waals surface area contributed by atoms with Gasteiger partial charge in [0.25, 0.3) is 0 Å². The van der Waals surface area contributed by atoms with Crippen molar-refractivity contribution in [2.75, 3.05) is 6.61 Å². The lowest BCUT2D eigenvalue weighted by atomic mass is 9.98. The van der Waals surface area contributed by atoms with Crippen LogP contribution in [0.2, 0.25) is 0 Å². The average molecular weight is 582 g/mol. The Hall–Kier alpha value is -3.54. The molecular weight excluding hydrogens is 538 g/mol. The molecule has 0 amide bonds. The lowest BCUT2D eigenvalue weighted by Gasteiger charge is -2.22. The summed E-state index contributed by atoms with van der Waals surface area (Å²) in [7, 11) is 0. The SMILES string of the molecule is C[C@@H](COC(=O)[C@@H](N)Cc1ccc(OC(=O)OC(C)(C)C)c(OC(=O)OC(C)(C)C)c1)OC(=O)OC1CCCCC1. The van der Waals surface area contributed by atoms with Crippen molar-refractivity contribution < 1.29 is 52.3 Å². The van der Waals surface area contributed by atoms with Crippen LogP contribution in [0.25, 0.3) is 0 Å². The number of carbonyl (C=O) groups is 4. The molecule has 0 unspecified atom stereocenters. The van der Waals surface area contributed by atoms with Crippen molar-refractivity contribution in [1.29, 1.82) is 0 Å². The van der Waals surface area contributed by atoms with E-state index in [9.17, 15) is 19.2 Å². The van der Waals surface area contributed by atoms with Gasteiger partial charge in [-0.05, 0) is 98.3 Å². The first-order chi connectivity index (χ1) is 19.0. The van der Waals surface area contributed by atoms with Crippen LogP contribution in [0.5, 0.6) is 11.5 Å². The highest BCUT2D eigenvalue weighted by Gasteiger charge is 2.25. The van der Waals surface area contributed by atoms with Gasteiger partial charge in [0.15, 0.2) is 11.5 Å². The van der Waals surface area contributed by atoms with E-state index < -0.39 is 47.8 Å². The topological polar surface area (TPSA) is 159 Å². The molecule has 2 rings (SSSR count). The van der Waals surface area contributed by atoms with Crippen LogP contribution in [0.1, 0.15) is 86.1 Å². The normalized spacial score (nSPS) is 15.6. The van der Waals surface area contributed by atoms with Crippen LogP contribution in [0.3, 0.4) is 0 Å². The van der Waals surface area contributed by atoms with Crippen LogP contribution < -0.4 is 15.2 Å². The standard InChI is InChI=1S/C29H43NO11/c1-18(36-25(32)37-20-11-9-8-10-12-20)17-35-24(31)21(30)15-19-13-14-22(38-26(33)40-28(2,3)4)23(16-19)39-27(34)41-29(5,6)7/h13-14,16,18,20-21H,8-12,15,17,30H2,1-7H3/t18-,21-/m0/s1. The molecule has 1 aliphatic carbocycles. The fourth-order valence-electron chi connectivity index (χ4n) is 3.75. The minimum absolute atomic E-state index is 0.00477. The molecular formula is C29H43NO11. The number of hydrogen-bond acceptors (Lipinski definition) is 12. The molecule has 0 bridgehead atoms. The molecule has 1 aromatic carbocycles. The molecule has 0 heterocycles. The number of hydrogen-bond donors (Lipinski definition) is 1. The zero-order chi connectivity index (χ0) is 30.8. The van der Waals surface area contributed by atoms with Gasteiger partial charge in [0.05, 0.1) is 0 Å². The van der Waals surface area contributed by atoms with Gasteiger partial charge in [0.2, 0.25) is 0 Å². The third-order valence-electron chi connectivity index (χ3n) is 5.50. The second kappa shape index (κ2) is 14.9. The Balaban J connectivity index is 1.98. The molecule has 1 aliphatic rings. The van der Waals surface area contributed by atoms with Crippen molar-refractivity contribution in [3.05, 3.63) is 23.8 Å². The summed E-state index contributed by atoms with van der Waals surface area (Å²) >= 11 is 0. The van der Waals surface area contributed by atoms with E-state index in [4.69, 9.17) is 38.9 Å². The molecule has 2 N–H and O–H groups in total. The summed E-state index contributed by atoms with van der Waals surface area (Å²) in [4.78, 5) is 49.0. The first-order valence-corrected chi connectivity index (χ1v) is 13.7. The second-order valence-corrected chi connectivity index (χ2v) is 11.9. The highest BCUT2D eigenvalue weighted by molar-refractivity contribution is 5.76. The molecule has 2 atom stereocenters. The van der Waals surface area contributed by atoms with Gasteiger partial charge in [-0.3, -0.25) is 4.79 Å². The van der Waals surface area contributed by atoms with Crippen molar-refractivity contribution in [1.82, 2.24) is 0 Å². The predicted octanol–water partition coefficient (Wildman–Crippen LogP) is 5.60. The van der Waals surface area contributed by atoms with E-state index in [1.807, 2.05) is 0 Å². The largest absolute Gasteiger partial charge is 0.514 e. The molecule has 1 saturated carbocycles. The van der Waals surface area contributed by atoms with Crippen molar-refractivity contribution in [3.8, 4) is 11.5 Å². The van der Waals surface area contributed by atoms with Gasteiger partial charge >= 0.3 is 24.4 Å². The third kappa shape index (κ3) is 13.6. The Kier molecular flexibility index (Phi) is 12.2. The number of carbonyl (C=O) groups excluding carboxylic acids is 4. The van der Waals surface area contributed by atoms with Crippen LogP contribution in [0.4, 0.5) is 14.4 Å². The Morgan fingerprint density at radius 2 is 1.41 bits per heavy atom. The number of nitrogens with two attached hydrogens (primary N) is 1. The molecule has 1 fully saturated rings. The minimum atomic E-state index is -1.09. The summed E-state index contributed by atoms with van der Waals surface area (Å²) in [5.74, 6) is -0.970. The van der Waals surface area contributed by atoms with Gasteiger partial charge in [0.1, 0.15) is 36.1 Å². The molecule has 0 aromatic heterocycles. The van der Waals surface area contributed by atoms with E-state index in [1.54, 1.807) is 54.5 Å². The number of esters is 1. The summed E-state index contributed by atoms with van der Waals surface area (Å²) in [6.45, 7) is 11.4. The highest BCUT2D eigenvalue weighted by Crippen LogP contribution is 2.31. The van der Waals surface area contributed by atoms with Crippen LogP contribution in [-0.2, 0) is 34.9 Å². The van der Waals surface area contributed by atoms with Crippen LogP contribution in [-0.4, -0.2) is 60.5 Å². The van der Waals surface area contributed by atoms with E-state index in [-0.39, 0.29) is 30.6 Å². The zero-order valence-electron chi connectivity index (χ0n) is 25.0. The molecule has 0 aliphatic heterocycles. The summed E-state index contributed by atoms with van der Waals surface area (Å²) < 4.78 is 36.6. The van der Waals surface area contributed by atoms with Gasteiger partial charge in [-0.1, -0.05) is 12.5 Å². The zero-order valence-corrected chi connectivity index (χ0v) is 25.0. The van der Waals surface area contributed by atoms with Crippen molar-refractivity contribution in [2.24, 2.45) is 5.73 Å². The van der Waals surface area contributed by atoms with Crippen LogP contribution in [0.15, 0.2) is 18.2 Å². The third-order valence-corrected chi connectivity index (χ3v) is 5.50. The summed E-state index contributed by atoms with van der Waals surface area (Å²) in [6.07, 6.45) is 1.06. The first kappa shape index (κ1) is 33.7. The van der Waals surface area contributed by atoms with Gasteiger partial charge in [-0.15, -0.1) is 0 Å². The minimum Gasteiger partial charge on any atom is -0.461 e. The van der Waals surface area contributed by atoms with E-state index in [1.165, 1.54) is 12.1 Å². The molecule has 1 aromatic rings. The van der Waals surface area contributed by atoms with E-state index >= 15 is 0 Å². The van der Waals surface area contributed by atoms with Crippen LogP contribution in [0, 0.1) is 0 Å². The van der Waals surface area contributed by atoms with Crippen LogP contribution >= 0.6 is 0 Å². The van der Waals surface area contributed by atoms with Gasteiger partial charge in [-0.2, -0.15) is 0 Å². The van der Waals surface area contributed by atoms with Crippen molar-refractivity contribution in [2.45, 2.75) is 116 Å². The molecule has 41 heavy (non-hydrogen) atoms.